The lowest BCUT2D eigenvalue weighted by molar-refractivity contribution is -0.137. The highest BCUT2D eigenvalue weighted by atomic mass is 19.4. The summed E-state index contributed by atoms with van der Waals surface area (Å²) in [6.07, 6.45) is -3.85. The predicted octanol–water partition coefficient (Wildman–Crippen LogP) is 5.39. The van der Waals surface area contributed by atoms with Crippen molar-refractivity contribution in [2.75, 3.05) is 5.32 Å². The number of aromatic nitrogens is 2. The first kappa shape index (κ1) is 21.9. The van der Waals surface area contributed by atoms with Crippen molar-refractivity contribution in [3.63, 3.8) is 0 Å². The van der Waals surface area contributed by atoms with Gasteiger partial charge in [-0.15, -0.1) is 0 Å². The van der Waals surface area contributed by atoms with Gasteiger partial charge < -0.3 is 11.1 Å². The molecule has 1 aliphatic rings. The van der Waals surface area contributed by atoms with Gasteiger partial charge in [-0.1, -0.05) is 31.2 Å². The fraction of sp³-hybridized carbons (Fsp3) is 0.261. The Bertz CT molecular complexity index is 1200. The van der Waals surface area contributed by atoms with Crippen molar-refractivity contribution in [1.82, 2.24) is 9.97 Å². The molecule has 0 saturated heterocycles. The minimum atomic E-state index is -4.57. The van der Waals surface area contributed by atoms with E-state index in [2.05, 4.69) is 20.3 Å². The zero-order valence-corrected chi connectivity index (χ0v) is 17.5. The van der Waals surface area contributed by atoms with Gasteiger partial charge in [-0.3, -0.25) is 4.99 Å². The zero-order chi connectivity index (χ0) is 23.0. The number of nitrogens with two attached hydrogens (primary N) is 1. The number of nitrogens with one attached hydrogen (secondary N) is 1. The topological polar surface area (TPSA) is 76.2 Å². The molecular formula is C23H21F4N5. The number of halogens is 4. The van der Waals surface area contributed by atoms with Gasteiger partial charge >= 0.3 is 6.18 Å². The van der Waals surface area contributed by atoms with E-state index in [0.717, 1.165) is 11.6 Å². The number of alkyl halides is 3. The molecule has 32 heavy (non-hydrogen) atoms. The summed E-state index contributed by atoms with van der Waals surface area (Å²) in [6, 6.07) is 9.44. The van der Waals surface area contributed by atoms with Crippen molar-refractivity contribution < 1.29 is 17.6 Å². The molecule has 1 atom stereocenters. The molecule has 0 radical (unpaired) electrons. The molecule has 2 heterocycles. The first-order chi connectivity index (χ1) is 15.2. The standard InChI is InChI=1S/C23H21F4N5/c1-3-18-14-9-8-13(24)10-16(14)22(29-18)32-20-12(2)19(11-28)30-21(31-20)15-6-4-5-7-17(15)23(25,26)27/h4-10,18H,3,11,28H2,1-2H3,(H,29,30,31,32). The second-order valence-electron chi connectivity index (χ2n) is 7.47. The number of nitrogens with zero attached hydrogens (tertiary/aromatic N) is 3. The second kappa shape index (κ2) is 8.31. The molecule has 4 rings (SSSR count). The lowest BCUT2D eigenvalue weighted by Gasteiger charge is -2.16. The van der Waals surface area contributed by atoms with E-state index in [1.165, 1.54) is 30.3 Å². The van der Waals surface area contributed by atoms with Crippen LogP contribution in [0, 0.1) is 12.7 Å². The van der Waals surface area contributed by atoms with Gasteiger partial charge in [-0.2, -0.15) is 13.2 Å². The maximum absolute atomic E-state index is 13.9. The summed E-state index contributed by atoms with van der Waals surface area (Å²) in [6.45, 7) is 3.71. The van der Waals surface area contributed by atoms with Gasteiger partial charge in [0.1, 0.15) is 17.5 Å². The largest absolute Gasteiger partial charge is 0.417 e. The average molecular weight is 443 g/mol. The van der Waals surface area contributed by atoms with E-state index in [4.69, 9.17) is 5.73 Å². The third-order valence-electron chi connectivity index (χ3n) is 5.45. The molecule has 1 aromatic heterocycles. The molecule has 0 bridgehead atoms. The molecule has 0 amide bonds. The SMILES string of the molecule is CCC1N=C(Nc2nc(-c3ccccc3C(F)(F)F)nc(CN)c2C)c2cc(F)ccc21. The molecule has 9 heteroatoms. The molecular weight excluding hydrogens is 422 g/mol. The van der Waals surface area contributed by atoms with Gasteiger partial charge in [0.05, 0.1) is 17.3 Å². The Morgan fingerprint density at radius 3 is 2.50 bits per heavy atom. The van der Waals surface area contributed by atoms with E-state index in [9.17, 15) is 17.6 Å². The Labute approximate surface area is 182 Å². The van der Waals surface area contributed by atoms with Crippen molar-refractivity contribution in [2.24, 2.45) is 10.7 Å². The minimum Gasteiger partial charge on any atom is -0.325 e. The van der Waals surface area contributed by atoms with Gasteiger partial charge in [0.2, 0.25) is 0 Å². The van der Waals surface area contributed by atoms with Crippen molar-refractivity contribution in [1.29, 1.82) is 0 Å². The molecule has 0 saturated carbocycles. The highest BCUT2D eigenvalue weighted by Crippen LogP contribution is 2.37. The fourth-order valence-electron chi connectivity index (χ4n) is 3.77. The Morgan fingerprint density at radius 2 is 1.81 bits per heavy atom. The Kier molecular flexibility index (Phi) is 5.68. The molecule has 3 N–H and O–H groups in total. The number of amidine groups is 1. The first-order valence-corrected chi connectivity index (χ1v) is 10.1. The van der Waals surface area contributed by atoms with Crippen LogP contribution in [0.2, 0.25) is 0 Å². The van der Waals surface area contributed by atoms with Crippen molar-refractivity contribution in [2.45, 2.75) is 39.0 Å². The lowest BCUT2D eigenvalue weighted by Crippen LogP contribution is -2.17. The van der Waals surface area contributed by atoms with E-state index >= 15 is 0 Å². The van der Waals surface area contributed by atoms with Crippen LogP contribution < -0.4 is 11.1 Å². The third kappa shape index (κ3) is 3.95. The number of fused-ring (bicyclic) bond motifs is 1. The van der Waals surface area contributed by atoms with Crippen LogP contribution in [-0.4, -0.2) is 15.8 Å². The first-order valence-electron chi connectivity index (χ1n) is 10.1. The molecule has 2 aromatic carbocycles. The summed E-state index contributed by atoms with van der Waals surface area (Å²) in [7, 11) is 0. The third-order valence-corrected chi connectivity index (χ3v) is 5.45. The molecule has 166 valence electrons. The number of benzene rings is 2. The normalized spacial score (nSPS) is 15.5. The van der Waals surface area contributed by atoms with E-state index in [1.54, 1.807) is 13.0 Å². The van der Waals surface area contributed by atoms with Gasteiger partial charge in [-0.25, -0.2) is 14.4 Å². The number of rotatable bonds is 4. The highest BCUT2D eigenvalue weighted by molar-refractivity contribution is 6.11. The highest BCUT2D eigenvalue weighted by Gasteiger charge is 2.34. The fourth-order valence-corrected chi connectivity index (χ4v) is 3.77. The summed E-state index contributed by atoms with van der Waals surface area (Å²) in [5.41, 5.74) is 7.30. The molecule has 0 fully saturated rings. The summed E-state index contributed by atoms with van der Waals surface area (Å²) in [4.78, 5) is 13.3. The summed E-state index contributed by atoms with van der Waals surface area (Å²) in [5.74, 6) is 0.178. The van der Waals surface area contributed by atoms with Crippen molar-refractivity contribution in [3.8, 4) is 11.4 Å². The maximum Gasteiger partial charge on any atom is 0.417 e. The lowest BCUT2D eigenvalue weighted by atomic mass is 10.0. The molecule has 0 aliphatic carbocycles. The van der Waals surface area contributed by atoms with Crippen LogP contribution in [0.3, 0.4) is 0 Å². The maximum atomic E-state index is 13.9. The Balaban J connectivity index is 1.82. The Morgan fingerprint density at radius 1 is 1.06 bits per heavy atom. The van der Waals surface area contributed by atoms with Gasteiger partial charge in [0, 0.05) is 23.2 Å². The number of hydrogen-bond acceptors (Lipinski definition) is 5. The molecule has 5 nitrogen and oxygen atoms in total. The molecule has 0 spiro atoms. The van der Waals surface area contributed by atoms with Gasteiger partial charge in [-0.05, 0) is 37.1 Å². The second-order valence-corrected chi connectivity index (χ2v) is 7.47. The van der Waals surface area contributed by atoms with Crippen LogP contribution in [0.25, 0.3) is 11.4 Å². The average Bonchev–Trinajstić information content (AvgIpc) is 3.11. The van der Waals surface area contributed by atoms with Crippen LogP contribution in [0.4, 0.5) is 23.4 Å². The monoisotopic (exact) mass is 443 g/mol. The summed E-state index contributed by atoms with van der Waals surface area (Å²) in [5, 5.41) is 3.10. The Hall–Kier alpha value is -3.33. The number of anilines is 1. The van der Waals surface area contributed by atoms with E-state index in [0.29, 0.717) is 29.1 Å². The van der Waals surface area contributed by atoms with Crippen LogP contribution in [0.1, 0.15) is 47.3 Å². The van der Waals surface area contributed by atoms with Gasteiger partial charge in [0.15, 0.2) is 5.82 Å². The summed E-state index contributed by atoms with van der Waals surface area (Å²) >= 11 is 0. The van der Waals surface area contributed by atoms with Crippen LogP contribution >= 0.6 is 0 Å². The van der Waals surface area contributed by atoms with Gasteiger partial charge in [0.25, 0.3) is 0 Å². The quantitative estimate of drug-likeness (QED) is 0.530. The summed E-state index contributed by atoms with van der Waals surface area (Å²) < 4.78 is 54.6. The zero-order valence-electron chi connectivity index (χ0n) is 17.5. The van der Waals surface area contributed by atoms with E-state index in [1.807, 2.05) is 6.92 Å². The molecule has 1 unspecified atom stereocenters. The van der Waals surface area contributed by atoms with Crippen molar-refractivity contribution in [3.05, 3.63) is 76.2 Å². The van der Waals surface area contributed by atoms with E-state index < -0.39 is 17.6 Å². The molecule has 3 aromatic rings. The predicted molar refractivity (Wildman–Crippen MR) is 115 cm³/mol. The smallest absolute Gasteiger partial charge is 0.325 e. The van der Waals surface area contributed by atoms with Crippen LogP contribution in [-0.2, 0) is 12.7 Å². The van der Waals surface area contributed by atoms with Crippen molar-refractivity contribution >= 4 is 11.7 Å². The number of hydrogen-bond donors (Lipinski definition) is 2. The minimum absolute atomic E-state index is 0.0134. The van der Waals surface area contributed by atoms with Crippen LogP contribution in [0.5, 0.6) is 0 Å². The van der Waals surface area contributed by atoms with E-state index in [-0.39, 0.29) is 29.8 Å². The number of aliphatic imine (C=N–C) groups is 1. The van der Waals surface area contributed by atoms with Crippen LogP contribution in [0.15, 0.2) is 47.5 Å². The molecule has 1 aliphatic heterocycles.